The van der Waals surface area contributed by atoms with Crippen molar-refractivity contribution in [2.75, 3.05) is 13.1 Å². The minimum Gasteiger partial charge on any atom is -0.508 e. The molecule has 0 aliphatic heterocycles. The van der Waals surface area contributed by atoms with Crippen LogP contribution in [0.2, 0.25) is 0 Å². The molecule has 0 saturated carbocycles. The first-order chi connectivity index (χ1) is 9.02. The van der Waals surface area contributed by atoms with Crippen molar-refractivity contribution in [3.05, 3.63) is 29.8 Å². The number of phenols is 1. The Morgan fingerprint density at radius 3 is 2.42 bits per heavy atom. The Morgan fingerprint density at radius 1 is 1.26 bits per heavy atom. The molecule has 1 atom stereocenters. The summed E-state index contributed by atoms with van der Waals surface area (Å²) in [5.41, 5.74) is 5.92. The monoisotopic (exact) mass is 267 g/mol. The maximum absolute atomic E-state index is 11.4. The standard InChI is InChI=1S/C12H17N3O4/c13-5-6-14-12(19)15-10(11(17)18)7-8-1-3-9(16)4-2-8/h1-4,10,16H,5-7,13H2,(H,17,18)(H2,14,15,19)/t10-/m0/s1. The first kappa shape index (κ1) is 14.8. The summed E-state index contributed by atoms with van der Waals surface area (Å²) in [6.07, 6.45) is 0.131. The van der Waals surface area contributed by atoms with Crippen LogP contribution in [-0.2, 0) is 11.2 Å². The fourth-order valence-electron chi connectivity index (χ4n) is 1.46. The number of carbonyl (C=O) groups excluding carboxylic acids is 1. The van der Waals surface area contributed by atoms with Gasteiger partial charge in [0.25, 0.3) is 0 Å². The highest BCUT2D eigenvalue weighted by Gasteiger charge is 2.20. The molecular formula is C12H17N3O4. The first-order valence-electron chi connectivity index (χ1n) is 5.78. The number of carboxylic acid groups (broad SMARTS) is 1. The zero-order valence-corrected chi connectivity index (χ0v) is 10.3. The van der Waals surface area contributed by atoms with Gasteiger partial charge in [0.1, 0.15) is 11.8 Å². The number of carbonyl (C=O) groups is 2. The molecule has 0 unspecified atom stereocenters. The zero-order chi connectivity index (χ0) is 14.3. The lowest BCUT2D eigenvalue weighted by Crippen LogP contribution is -2.48. The number of rotatable bonds is 6. The molecule has 0 bridgehead atoms. The third-order valence-corrected chi connectivity index (χ3v) is 2.41. The average molecular weight is 267 g/mol. The minimum atomic E-state index is -1.13. The zero-order valence-electron chi connectivity index (χ0n) is 10.3. The van der Waals surface area contributed by atoms with Crippen molar-refractivity contribution in [3.63, 3.8) is 0 Å². The molecule has 0 aromatic heterocycles. The number of aromatic hydroxyl groups is 1. The number of benzene rings is 1. The largest absolute Gasteiger partial charge is 0.508 e. The Labute approximate surface area is 110 Å². The lowest BCUT2D eigenvalue weighted by molar-refractivity contribution is -0.139. The molecule has 0 fully saturated rings. The van der Waals surface area contributed by atoms with Crippen LogP contribution in [-0.4, -0.2) is 41.3 Å². The highest BCUT2D eigenvalue weighted by molar-refractivity contribution is 5.82. The molecule has 1 rings (SSSR count). The van der Waals surface area contributed by atoms with Gasteiger partial charge in [0.15, 0.2) is 0 Å². The van der Waals surface area contributed by atoms with Crippen molar-refractivity contribution in [1.82, 2.24) is 10.6 Å². The lowest BCUT2D eigenvalue weighted by atomic mass is 10.1. The van der Waals surface area contributed by atoms with Gasteiger partial charge in [0, 0.05) is 19.5 Å². The highest BCUT2D eigenvalue weighted by Crippen LogP contribution is 2.11. The molecule has 7 nitrogen and oxygen atoms in total. The van der Waals surface area contributed by atoms with Gasteiger partial charge in [-0.1, -0.05) is 12.1 Å². The van der Waals surface area contributed by atoms with Gasteiger partial charge in [0.2, 0.25) is 0 Å². The van der Waals surface area contributed by atoms with E-state index >= 15 is 0 Å². The Hall–Kier alpha value is -2.28. The van der Waals surface area contributed by atoms with Gasteiger partial charge in [-0.3, -0.25) is 0 Å². The van der Waals surface area contributed by atoms with Crippen LogP contribution < -0.4 is 16.4 Å². The van der Waals surface area contributed by atoms with E-state index in [-0.39, 0.29) is 25.3 Å². The number of urea groups is 1. The molecule has 104 valence electrons. The molecule has 6 N–H and O–H groups in total. The number of carboxylic acids is 1. The van der Waals surface area contributed by atoms with Gasteiger partial charge in [-0.05, 0) is 17.7 Å². The Bertz CT molecular complexity index is 433. The Balaban J connectivity index is 2.60. The van der Waals surface area contributed by atoms with E-state index in [0.29, 0.717) is 5.56 Å². The summed E-state index contributed by atoms with van der Waals surface area (Å²) in [6, 6.07) is 4.51. The first-order valence-corrected chi connectivity index (χ1v) is 5.78. The van der Waals surface area contributed by atoms with E-state index < -0.39 is 18.0 Å². The molecule has 0 aliphatic rings. The molecule has 0 spiro atoms. The molecule has 0 heterocycles. The third-order valence-electron chi connectivity index (χ3n) is 2.41. The van der Waals surface area contributed by atoms with Gasteiger partial charge in [-0.2, -0.15) is 0 Å². The summed E-state index contributed by atoms with van der Waals surface area (Å²) in [5, 5.41) is 23.0. The van der Waals surface area contributed by atoms with Gasteiger partial charge in [-0.25, -0.2) is 9.59 Å². The molecular weight excluding hydrogens is 250 g/mol. The van der Waals surface area contributed by atoms with Crippen molar-refractivity contribution in [1.29, 1.82) is 0 Å². The molecule has 0 saturated heterocycles. The van der Waals surface area contributed by atoms with Crippen molar-refractivity contribution >= 4 is 12.0 Å². The SMILES string of the molecule is NCCNC(=O)N[C@@H](Cc1ccc(O)cc1)C(=O)O. The second-order valence-electron chi connectivity index (χ2n) is 3.95. The highest BCUT2D eigenvalue weighted by atomic mass is 16.4. The summed E-state index contributed by atoms with van der Waals surface area (Å²) in [5.74, 6) is -1.03. The maximum Gasteiger partial charge on any atom is 0.326 e. The normalized spacial score (nSPS) is 11.6. The Kier molecular flexibility index (Phi) is 5.62. The van der Waals surface area contributed by atoms with Crippen LogP contribution in [0.4, 0.5) is 4.79 Å². The number of phenolic OH excluding ortho intramolecular Hbond substituents is 1. The molecule has 0 radical (unpaired) electrons. The number of hydrogen-bond donors (Lipinski definition) is 5. The number of amides is 2. The number of aliphatic carboxylic acids is 1. The van der Waals surface area contributed by atoms with Crippen LogP contribution >= 0.6 is 0 Å². The number of hydrogen-bond acceptors (Lipinski definition) is 4. The molecule has 19 heavy (non-hydrogen) atoms. The van der Waals surface area contributed by atoms with E-state index in [1.807, 2.05) is 0 Å². The van der Waals surface area contributed by atoms with Gasteiger partial charge in [-0.15, -0.1) is 0 Å². The van der Waals surface area contributed by atoms with E-state index in [1.165, 1.54) is 12.1 Å². The van der Waals surface area contributed by atoms with Crippen LogP contribution in [0.1, 0.15) is 5.56 Å². The quantitative estimate of drug-likeness (QED) is 0.481. The van der Waals surface area contributed by atoms with Crippen molar-refractivity contribution < 1.29 is 19.8 Å². The van der Waals surface area contributed by atoms with E-state index in [2.05, 4.69) is 10.6 Å². The smallest absolute Gasteiger partial charge is 0.326 e. The minimum absolute atomic E-state index is 0.101. The number of nitrogens with two attached hydrogens (primary N) is 1. The predicted octanol–water partition coefficient (Wildman–Crippen LogP) is -0.354. The fourth-order valence-corrected chi connectivity index (χ4v) is 1.46. The Morgan fingerprint density at radius 2 is 1.89 bits per heavy atom. The van der Waals surface area contributed by atoms with Crippen LogP contribution in [0.3, 0.4) is 0 Å². The van der Waals surface area contributed by atoms with Crippen LogP contribution in [0.15, 0.2) is 24.3 Å². The molecule has 2 amide bonds. The molecule has 1 aromatic rings. The van der Waals surface area contributed by atoms with Crippen molar-refractivity contribution in [2.45, 2.75) is 12.5 Å². The van der Waals surface area contributed by atoms with Crippen molar-refractivity contribution in [2.24, 2.45) is 5.73 Å². The van der Waals surface area contributed by atoms with Crippen LogP contribution in [0.25, 0.3) is 0 Å². The third kappa shape index (κ3) is 5.26. The van der Waals surface area contributed by atoms with Crippen molar-refractivity contribution in [3.8, 4) is 5.75 Å². The van der Waals surface area contributed by atoms with E-state index in [0.717, 1.165) is 0 Å². The summed E-state index contributed by atoms with van der Waals surface area (Å²) in [6.45, 7) is 0.556. The molecule has 1 aromatic carbocycles. The molecule has 7 heteroatoms. The molecule has 0 aliphatic carbocycles. The summed E-state index contributed by atoms with van der Waals surface area (Å²) in [4.78, 5) is 22.4. The second kappa shape index (κ2) is 7.22. The van der Waals surface area contributed by atoms with E-state index in [4.69, 9.17) is 15.9 Å². The summed E-state index contributed by atoms with van der Waals surface area (Å²) < 4.78 is 0. The van der Waals surface area contributed by atoms with Crippen LogP contribution in [0, 0.1) is 0 Å². The lowest BCUT2D eigenvalue weighted by Gasteiger charge is -2.15. The predicted molar refractivity (Wildman–Crippen MR) is 68.8 cm³/mol. The average Bonchev–Trinajstić information content (AvgIpc) is 2.38. The van der Waals surface area contributed by atoms with Crippen LogP contribution in [0.5, 0.6) is 5.75 Å². The second-order valence-corrected chi connectivity index (χ2v) is 3.95. The van der Waals surface area contributed by atoms with Gasteiger partial charge < -0.3 is 26.6 Å². The summed E-state index contributed by atoms with van der Waals surface area (Å²) >= 11 is 0. The fraction of sp³-hybridized carbons (Fsp3) is 0.333. The summed E-state index contributed by atoms with van der Waals surface area (Å²) in [7, 11) is 0. The maximum atomic E-state index is 11.4. The van der Waals surface area contributed by atoms with Gasteiger partial charge in [0.05, 0.1) is 0 Å². The van der Waals surface area contributed by atoms with Gasteiger partial charge >= 0.3 is 12.0 Å². The van der Waals surface area contributed by atoms with E-state index in [1.54, 1.807) is 12.1 Å². The number of nitrogens with one attached hydrogen (secondary N) is 2. The van der Waals surface area contributed by atoms with E-state index in [9.17, 15) is 9.59 Å². The topological polar surface area (TPSA) is 125 Å².